The van der Waals surface area contributed by atoms with Gasteiger partial charge in [0.1, 0.15) is 11.9 Å². The predicted molar refractivity (Wildman–Crippen MR) is 115 cm³/mol. The van der Waals surface area contributed by atoms with Gasteiger partial charge in [-0.25, -0.2) is 9.97 Å². The number of fused-ring (bicyclic) bond motifs is 1. The number of carbonyl (C=O) groups excluding carboxylic acids is 1. The molecule has 0 aliphatic carbocycles. The largest absolute Gasteiger partial charge is 0.384 e. The average molecular weight is 404 g/mol. The molecule has 2 aromatic heterocycles. The molecule has 0 spiro atoms. The number of pyridine rings is 1. The molecule has 1 aliphatic heterocycles. The van der Waals surface area contributed by atoms with Crippen molar-refractivity contribution in [1.82, 2.24) is 19.9 Å². The summed E-state index contributed by atoms with van der Waals surface area (Å²) >= 11 is 0. The van der Waals surface area contributed by atoms with E-state index in [1.54, 1.807) is 12.3 Å². The fourth-order valence-corrected chi connectivity index (χ4v) is 3.57. The van der Waals surface area contributed by atoms with Crippen LogP contribution in [0, 0.1) is 6.92 Å². The lowest BCUT2D eigenvalue weighted by Gasteiger charge is -2.31. The van der Waals surface area contributed by atoms with Crippen LogP contribution >= 0.6 is 0 Å². The number of nitrogen functional groups attached to an aromatic ring is 1. The third-order valence-electron chi connectivity index (χ3n) is 5.31. The number of nitrogens with two attached hydrogens (primary N) is 1. The van der Waals surface area contributed by atoms with Gasteiger partial charge in [0.15, 0.2) is 5.82 Å². The van der Waals surface area contributed by atoms with Crippen LogP contribution in [0.15, 0.2) is 53.5 Å². The van der Waals surface area contributed by atoms with E-state index in [1.807, 2.05) is 43.3 Å². The number of carbonyl (C=O) groups is 1. The summed E-state index contributed by atoms with van der Waals surface area (Å²) in [5.74, 6) is 0.523. The van der Waals surface area contributed by atoms with Crippen molar-refractivity contribution >= 4 is 17.5 Å². The zero-order valence-corrected chi connectivity index (χ0v) is 16.8. The zero-order chi connectivity index (χ0) is 21.1. The van der Waals surface area contributed by atoms with E-state index < -0.39 is 6.04 Å². The van der Waals surface area contributed by atoms with Crippen molar-refractivity contribution in [1.29, 1.82) is 0 Å². The minimum absolute atomic E-state index is 0.192. The van der Waals surface area contributed by atoms with Gasteiger partial charge in [0.05, 0.1) is 0 Å². The Hall–Kier alpha value is -3.68. The number of hydrogen-bond donors (Lipinski definition) is 3. The molecular formula is C22H24N6O2. The molecule has 0 saturated heterocycles. The Bertz CT molecular complexity index is 1130. The standard InChI is InChI=1S/C22H24N6O2/c1-14-16(7-8-19(23)27-14)12-26-21(29)18-11-17-13-25-20(22(30)28(17)18)24-10-9-15-5-3-2-4-6-15/h2-8,13,18H,9-12H2,1H3,(H2,23,27)(H,24,25)(H,26,29)/t18-/m0/s1. The summed E-state index contributed by atoms with van der Waals surface area (Å²) in [5, 5.41) is 5.99. The van der Waals surface area contributed by atoms with Gasteiger partial charge in [0.25, 0.3) is 5.56 Å². The molecule has 1 amide bonds. The number of anilines is 2. The molecule has 0 bridgehead atoms. The van der Waals surface area contributed by atoms with Crippen LogP contribution in [-0.2, 0) is 24.2 Å². The minimum Gasteiger partial charge on any atom is -0.384 e. The van der Waals surface area contributed by atoms with Gasteiger partial charge < -0.3 is 16.4 Å². The SMILES string of the molecule is Cc1nc(N)ccc1CNC(=O)[C@@H]1Cc2cnc(NCCc3ccccc3)c(=O)n21. The molecule has 4 rings (SSSR count). The van der Waals surface area contributed by atoms with E-state index in [4.69, 9.17) is 5.73 Å². The van der Waals surface area contributed by atoms with Gasteiger partial charge in [-0.05, 0) is 30.5 Å². The Morgan fingerprint density at radius 2 is 2.03 bits per heavy atom. The molecule has 0 fully saturated rings. The first-order valence-corrected chi connectivity index (χ1v) is 9.91. The summed E-state index contributed by atoms with van der Waals surface area (Å²) in [7, 11) is 0. The van der Waals surface area contributed by atoms with Crippen LogP contribution in [0.1, 0.15) is 28.6 Å². The van der Waals surface area contributed by atoms with Crippen molar-refractivity contribution in [2.24, 2.45) is 0 Å². The summed E-state index contributed by atoms with van der Waals surface area (Å²) in [4.78, 5) is 33.9. The Labute approximate surface area is 174 Å². The van der Waals surface area contributed by atoms with Crippen molar-refractivity contribution in [3.8, 4) is 0 Å². The number of nitrogens with one attached hydrogen (secondary N) is 2. The Kier molecular flexibility index (Phi) is 5.47. The Morgan fingerprint density at radius 1 is 1.23 bits per heavy atom. The van der Waals surface area contributed by atoms with Gasteiger partial charge in [-0.2, -0.15) is 0 Å². The van der Waals surface area contributed by atoms with Crippen LogP contribution < -0.4 is 21.9 Å². The van der Waals surface area contributed by atoms with E-state index >= 15 is 0 Å². The van der Waals surface area contributed by atoms with Gasteiger partial charge in [-0.3, -0.25) is 14.2 Å². The normalized spacial score (nSPS) is 14.5. The molecule has 1 aromatic carbocycles. The summed E-state index contributed by atoms with van der Waals surface area (Å²) in [5.41, 5.74) is 9.01. The molecule has 154 valence electrons. The lowest BCUT2D eigenvalue weighted by atomic mass is 10.0. The second kappa shape index (κ2) is 8.36. The number of aromatic nitrogens is 3. The van der Waals surface area contributed by atoms with E-state index in [0.717, 1.165) is 23.4 Å². The lowest BCUT2D eigenvalue weighted by Crippen LogP contribution is -2.47. The third-order valence-corrected chi connectivity index (χ3v) is 5.31. The van der Waals surface area contributed by atoms with Crippen LogP contribution in [0.2, 0.25) is 0 Å². The molecule has 0 radical (unpaired) electrons. The maximum Gasteiger partial charge on any atom is 0.294 e. The fourth-order valence-electron chi connectivity index (χ4n) is 3.57. The molecule has 1 aliphatic rings. The van der Waals surface area contributed by atoms with Crippen molar-refractivity contribution < 1.29 is 4.79 Å². The number of hydrogen-bond acceptors (Lipinski definition) is 6. The van der Waals surface area contributed by atoms with Gasteiger partial charge in [-0.15, -0.1) is 0 Å². The van der Waals surface area contributed by atoms with Crippen molar-refractivity contribution in [3.63, 3.8) is 0 Å². The number of rotatable bonds is 7. The highest BCUT2D eigenvalue weighted by atomic mass is 16.2. The van der Waals surface area contributed by atoms with Crippen LogP contribution in [0.5, 0.6) is 0 Å². The van der Waals surface area contributed by atoms with Crippen LogP contribution in [0.3, 0.4) is 0 Å². The molecule has 30 heavy (non-hydrogen) atoms. The highest BCUT2D eigenvalue weighted by molar-refractivity contribution is 5.82. The van der Waals surface area contributed by atoms with Crippen LogP contribution in [0.4, 0.5) is 11.6 Å². The molecule has 0 unspecified atom stereocenters. The third kappa shape index (κ3) is 4.03. The molecule has 3 heterocycles. The molecular weight excluding hydrogens is 380 g/mol. The quantitative estimate of drug-likeness (QED) is 0.551. The molecule has 0 saturated carbocycles. The minimum atomic E-state index is -0.521. The molecule has 4 N–H and O–H groups in total. The second-order valence-corrected chi connectivity index (χ2v) is 7.35. The highest BCUT2D eigenvalue weighted by Crippen LogP contribution is 2.25. The van der Waals surface area contributed by atoms with Gasteiger partial charge in [-0.1, -0.05) is 36.4 Å². The summed E-state index contributed by atoms with van der Waals surface area (Å²) in [6, 6.07) is 13.0. The topological polar surface area (TPSA) is 115 Å². The van der Waals surface area contributed by atoms with Crippen molar-refractivity contribution in [2.45, 2.75) is 32.4 Å². The smallest absolute Gasteiger partial charge is 0.294 e. The number of aryl methyl sites for hydroxylation is 1. The van der Waals surface area contributed by atoms with Crippen LogP contribution in [-0.4, -0.2) is 27.0 Å². The van der Waals surface area contributed by atoms with E-state index in [2.05, 4.69) is 20.6 Å². The Morgan fingerprint density at radius 3 is 2.80 bits per heavy atom. The van der Waals surface area contributed by atoms with Crippen molar-refractivity contribution in [2.75, 3.05) is 17.6 Å². The molecule has 8 heteroatoms. The summed E-state index contributed by atoms with van der Waals surface area (Å²) < 4.78 is 1.52. The molecule has 8 nitrogen and oxygen atoms in total. The first-order chi connectivity index (χ1) is 14.5. The maximum absolute atomic E-state index is 12.8. The average Bonchev–Trinajstić information content (AvgIpc) is 2.71. The van der Waals surface area contributed by atoms with Gasteiger partial charge in [0, 0.05) is 37.1 Å². The molecule has 1 atom stereocenters. The highest BCUT2D eigenvalue weighted by Gasteiger charge is 2.34. The van der Waals surface area contributed by atoms with E-state index in [9.17, 15) is 9.59 Å². The summed E-state index contributed by atoms with van der Waals surface area (Å²) in [6.07, 6.45) is 2.93. The first-order valence-electron chi connectivity index (χ1n) is 9.91. The van der Waals surface area contributed by atoms with Gasteiger partial charge in [0.2, 0.25) is 5.91 Å². The predicted octanol–water partition coefficient (Wildman–Crippen LogP) is 1.60. The zero-order valence-electron chi connectivity index (χ0n) is 16.8. The Balaban J connectivity index is 1.39. The van der Waals surface area contributed by atoms with Crippen molar-refractivity contribution in [3.05, 3.63) is 81.5 Å². The first kappa shape index (κ1) is 19.6. The number of nitrogens with zero attached hydrogens (tertiary/aromatic N) is 3. The monoisotopic (exact) mass is 404 g/mol. The maximum atomic E-state index is 12.8. The second-order valence-electron chi connectivity index (χ2n) is 7.35. The lowest BCUT2D eigenvalue weighted by molar-refractivity contribution is -0.125. The van der Waals surface area contributed by atoms with E-state index in [1.165, 1.54) is 10.1 Å². The van der Waals surface area contributed by atoms with E-state index in [0.29, 0.717) is 25.3 Å². The van der Waals surface area contributed by atoms with E-state index in [-0.39, 0.29) is 17.3 Å². The number of benzene rings is 1. The van der Waals surface area contributed by atoms with Crippen LogP contribution in [0.25, 0.3) is 0 Å². The fraction of sp³-hybridized carbons (Fsp3) is 0.273. The molecule has 3 aromatic rings. The summed E-state index contributed by atoms with van der Waals surface area (Å²) in [6.45, 7) is 2.78. The number of amides is 1. The van der Waals surface area contributed by atoms with Gasteiger partial charge >= 0.3 is 0 Å².